The van der Waals surface area contributed by atoms with Gasteiger partial charge in [0, 0.05) is 6.54 Å². The summed E-state index contributed by atoms with van der Waals surface area (Å²) in [5.74, 6) is 0.959. The van der Waals surface area contributed by atoms with E-state index in [2.05, 4.69) is 17.1 Å². The number of benzene rings is 1. The highest BCUT2D eigenvalue weighted by Crippen LogP contribution is 2.30. The van der Waals surface area contributed by atoms with Crippen molar-refractivity contribution in [1.82, 2.24) is 5.32 Å². The standard InChI is InChI=1S/C15H22N2O2/c1-2-3-6-9-16-15(18)12-17-10-11-19-14-8-5-4-7-13(14)17/h4-5,7-8H,2-3,6,9-12H2,1H3,(H,16,18). The zero-order valence-electron chi connectivity index (χ0n) is 11.5. The predicted octanol–water partition coefficient (Wildman–Crippen LogP) is 2.19. The van der Waals surface area contributed by atoms with Crippen LogP contribution < -0.4 is 15.0 Å². The number of hydrogen-bond acceptors (Lipinski definition) is 3. The molecule has 0 aliphatic carbocycles. The molecule has 4 heteroatoms. The molecule has 1 aromatic rings. The van der Waals surface area contributed by atoms with Gasteiger partial charge in [-0.15, -0.1) is 0 Å². The topological polar surface area (TPSA) is 41.6 Å². The molecule has 0 spiro atoms. The van der Waals surface area contributed by atoms with E-state index in [9.17, 15) is 4.79 Å². The van der Waals surface area contributed by atoms with Gasteiger partial charge in [0.1, 0.15) is 12.4 Å². The minimum atomic E-state index is 0.0906. The van der Waals surface area contributed by atoms with Crippen LogP contribution in [0.3, 0.4) is 0 Å². The summed E-state index contributed by atoms with van der Waals surface area (Å²) in [4.78, 5) is 14.0. The molecule has 104 valence electrons. The summed E-state index contributed by atoms with van der Waals surface area (Å²) in [5, 5.41) is 2.97. The fourth-order valence-corrected chi connectivity index (χ4v) is 2.22. The van der Waals surface area contributed by atoms with Gasteiger partial charge in [-0.25, -0.2) is 0 Å². The van der Waals surface area contributed by atoms with E-state index in [0.717, 1.165) is 30.9 Å². The molecule has 1 aliphatic rings. The molecule has 0 saturated carbocycles. The van der Waals surface area contributed by atoms with Gasteiger partial charge < -0.3 is 15.0 Å². The summed E-state index contributed by atoms with van der Waals surface area (Å²) in [6.07, 6.45) is 3.40. The number of amides is 1. The van der Waals surface area contributed by atoms with E-state index in [4.69, 9.17) is 4.74 Å². The third-order valence-corrected chi connectivity index (χ3v) is 3.26. The van der Waals surface area contributed by atoms with Crippen LogP contribution in [0, 0.1) is 0 Å². The molecule has 1 N–H and O–H groups in total. The first-order valence-corrected chi connectivity index (χ1v) is 7.04. The van der Waals surface area contributed by atoms with Crippen molar-refractivity contribution in [2.45, 2.75) is 26.2 Å². The number of ether oxygens (including phenoxy) is 1. The van der Waals surface area contributed by atoms with Crippen LogP contribution in [0.1, 0.15) is 26.2 Å². The Morgan fingerprint density at radius 2 is 2.21 bits per heavy atom. The second kappa shape index (κ2) is 7.02. The van der Waals surface area contributed by atoms with Gasteiger partial charge in [-0.3, -0.25) is 4.79 Å². The van der Waals surface area contributed by atoms with Gasteiger partial charge >= 0.3 is 0 Å². The molecule has 4 nitrogen and oxygen atoms in total. The zero-order chi connectivity index (χ0) is 13.5. The van der Waals surface area contributed by atoms with Crippen molar-refractivity contribution in [3.05, 3.63) is 24.3 Å². The Labute approximate surface area is 114 Å². The van der Waals surface area contributed by atoms with Crippen molar-refractivity contribution < 1.29 is 9.53 Å². The Bertz CT molecular complexity index is 420. The fraction of sp³-hybridized carbons (Fsp3) is 0.533. The maximum Gasteiger partial charge on any atom is 0.239 e. The monoisotopic (exact) mass is 262 g/mol. The average molecular weight is 262 g/mol. The van der Waals surface area contributed by atoms with Crippen LogP contribution in [0.2, 0.25) is 0 Å². The summed E-state index contributed by atoms with van der Waals surface area (Å²) in [6, 6.07) is 7.87. The highest BCUT2D eigenvalue weighted by atomic mass is 16.5. The Balaban J connectivity index is 1.85. The first kappa shape index (κ1) is 13.7. The third-order valence-electron chi connectivity index (χ3n) is 3.26. The molecular weight excluding hydrogens is 240 g/mol. The number of para-hydroxylation sites is 2. The van der Waals surface area contributed by atoms with Crippen molar-refractivity contribution in [3.8, 4) is 5.75 Å². The molecule has 0 bridgehead atoms. The number of carbonyl (C=O) groups is 1. The van der Waals surface area contributed by atoms with Crippen molar-refractivity contribution in [3.63, 3.8) is 0 Å². The molecule has 0 aromatic heterocycles. The lowest BCUT2D eigenvalue weighted by Crippen LogP contribution is -2.41. The second-order valence-electron chi connectivity index (χ2n) is 4.79. The van der Waals surface area contributed by atoms with Crippen LogP contribution in [-0.2, 0) is 4.79 Å². The van der Waals surface area contributed by atoms with E-state index in [1.165, 1.54) is 12.8 Å². The SMILES string of the molecule is CCCCCNC(=O)CN1CCOc2ccccc21. The highest BCUT2D eigenvalue weighted by Gasteiger charge is 2.19. The average Bonchev–Trinajstić information content (AvgIpc) is 2.44. The molecule has 0 unspecified atom stereocenters. The van der Waals surface area contributed by atoms with Crippen molar-refractivity contribution >= 4 is 11.6 Å². The second-order valence-corrected chi connectivity index (χ2v) is 4.79. The summed E-state index contributed by atoms with van der Waals surface area (Å²) in [7, 11) is 0. The highest BCUT2D eigenvalue weighted by molar-refractivity contribution is 5.82. The zero-order valence-corrected chi connectivity index (χ0v) is 11.5. The lowest BCUT2D eigenvalue weighted by Gasteiger charge is -2.30. The van der Waals surface area contributed by atoms with E-state index in [-0.39, 0.29) is 5.91 Å². The van der Waals surface area contributed by atoms with Gasteiger partial charge in [0.15, 0.2) is 0 Å². The van der Waals surface area contributed by atoms with Gasteiger partial charge in [0.25, 0.3) is 0 Å². The van der Waals surface area contributed by atoms with Crippen LogP contribution in [0.25, 0.3) is 0 Å². The quantitative estimate of drug-likeness (QED) is 0.799. The summed E-state index contributed by atoms with van der Waals surface area (Å²) < 4.78 is 5.57. The third kappa shape index (κ3) is 3.88. The van der Waals surface area contributed by atoms with Crippen molar-refractivity contribution in [2.24, 2.45) is 0 Å². The van der Waals surface area contributed by atoms with Gasteiger partial charge in [-0.1, -0.05) is 31.9 Å². The van der Waals surface area contributed by atoms with E-state index in [0.29, 0.717) is 13.2 Å². The molecule has 0 fully saturated rings. The molecule has 1 aliphatic heterocycles. The molecule has 1 amide bonds. The maximum absolute atomic E-state index is 11.9. The lowest BCUT2D eigenvalue weighted by atomic mass is 10.2. The summed E-state index contributed by atoms with van der Waals surface area (Å²) in [5.41, 5.74) is 1.01. The number of carbonyl (C=O) groups excluding carboxylic acids is 1. The number of fused-ring (bicyclic) bond motifs is 1. The van der Waals surface area contributed by atoms with E-state index >= 15 is 0 Å². The molecule has 0 radical (unpaired) electrons. The van der Waals surface area contributed by atoms with Crippen LogP contribution >= 0.6 is 0 Å². The van der Waals surface area contributed by atoms with Crippen molar-refractivity contribution in [2.75, 3.05) is 31.1 Å². The summed E-state index contributed by atoms with van der Waals surface area (Å²) >= 11 is 0. The Morgan fingerprint density at radius 3 is 3.05 bits per heavy atom. The summed E-state index contributed by atoms with van der Waals surface area (Å²) in [6.45, 7) is 4.75. The normalized spacial score (nSPS) is 13.6. The van der Waals surface area contributed by atoms with Crippen molar-refractivity contribution in [1.29, 1.82) is 0 Å². The molecule has 1 heterocycles. The van der Waals surface area contributed by atoms with Gasteiger partial charge in [-0.05, 0) is 18.6 Å². The number of nitrogens with one attached hydrogen (secondary N) is 1. The predicted molar refractivity (Wildman–Crippen MR) is 76.7 cm³/mol. The number of anilines is 1. The fourth-order valence-electron chi connectivity index (χ4n) is 2.22. The van der Waals surface area contributed by atoms with Gasteiger partial charge in [0.2, 0.25) is 5.91 Å². The first-order chi connectivity index (χ1) is 9.31. The molecule has 2 rings (SSSR count). The van der Waals surface area contributed by atoms with E-state index in [1.807, 2.05) is 24.3 Å². The van der Waals surface area contributed by atoms with E-state index < -0.39 is 0 Å². The number of rotatable bonds is 6. The van der Waals surface area contributed by atoms with Crippen LogP contribution in [-0.4, -0.2) is 32.1 Å². The first-order valence-electron chi connectivity index (χ1n) is 7.04. The Morgan fingerprint density at radius 1 is 1.37 bits per heavy atom. The molecular formula is C15H22N2O2. The molecule has 1 aromatic carbocycles. The molecule has 0 saturated heterocycles. The minimum absolute atomic E-state index is 0.0906. The minimum Gasteiger partial charge on any atom is -0.490 e. The number of hydrogen-bond donors (Lipinski definition) is 1. The van der Waals surface area contributed by atoms with Gasteiger partial charge in [-0.2, -0.15) is 0 Å². The molecule has 0 atom stereocenters. The largest absolute Gasteiger partial charge is 0.490 e. The van der Waals surface area contributed by atoms with E-state index in [1.54, 1.807) is 0 Å². The maximum atomic E-state index is 11.9. The van der Waals surface area contributed by atoms with Crippen LogP contribution in [0.15, 0.2) is 24.3 Å². The Kier molecular flexibility index (Phi) is 5.07. The van der Waals surface area contributed by atoms with Gasteiger partial charge in [0.05, 0.1) is 18.8 Å². The Hall–Kier alpha value is -1.71. The molecule has 19 heavy (non-hydrogen) atoms. The number of unbranched alkanes of at least 4 members (excludes halogenated alkanes) is 2. The van der Waals surface area contributed by atoms with Crippen LogP contribution in [0.4, 0.5) is 5.69 Å². The smallest absolute Gasteiger partial charge is 0.239 e. The lowest BCUT2D eigenvalue weighted by molar-refractivity contribution is -0.119. The number of nitrogens with zero attached hydrogens (tertiary/aromatic N) is 1. The van der Waals surface area contributed by atoms with Crippen LogP contribution in [0.5, 0.6) is 5.75 Å².